The van der Waals surface area contributed by atoms with Crippen LogP contribution in [0.25, 0.3) is 0 Å². The minimum Gasteiger partial charge on any atom is -0.234 e. The normalized spacial score (nSPS) is 13.4. The zero-order valence-electron chi connectivity index (χ0n) is 9.79. The summed E-state index contributed by atoms with van der Waals surface area (Å²) in [7, 11) is 0. The van der Waals surface area contributed by atoms with Gasteiger partial charge in [-0.2, -0.15) is 0 Å². The highest BCUT2D eigenvalue weighted by Crippen LogP contribution is 2.27. The van der Waals surface area contributed by atoms with Crippen LogP contribution in [-0.4, -0.2) is 15.0 Å². The van der Waals surface area contributed by atoms with Gasteiger partial charge in [-0.25, -0.2) is 4.68 Å². The Bertz CT molecular complexity index is 297. The van der Waals surface area contributed by atoms with Crippen molar-refractivity contribution in [1.29, 1.82) is 0 Å². The summed E-state index contributed by atoms with van der Waals surface area (Å²) in [4.78, 5) is -0.291. The van der Waals surface area contributed by atoms with Gasteiger partial charge in [-0.3, -0.25) is 0 Å². The van der Waals surface area contributed by atoms with E-state index in [1.54, 1.807) is 0 Å². The highest BCUT2D eigenvalue weighted by molar-refractivity contribution is 7.81. The van der Waals surface area contributed by atoms with E-state index in [4.69, 9.17) is 0 Å². The highest BCUT2D eigenvalue weighted by atomic mass is 32.1. The quantitative estimate of drug-likeness (QED) is 0.727. The van der Waals surface area contributed by atoms with Crippen LogP contribution in [0.2, 0.25) is 0 Å². The maximum atomic E-state index is 4.48. The number of hydrogen-bond acceptors (Lipinski definition) is 3. The summed E-state index contributed by atoms with van der Waals surface area (Å²) < 4.78 is 1.86. The standard InChI is InChI=1S/C10H19N3S/c1-7-8(9(2,3)4)11-12-13(7)10(5,6)14/h14H,1-6H3. The van der Waals surface area contributed by atoms with E-state index < -0.39 is 0 Å². The molecule has 14 heavy (non-hydrogen) atoms. The summed E-state index contributed by atoms with van der Waals surface area (Å²) in [6.45, 7) is 12.5. The molecule has 0 unspecified atom stereocenters. The second-order valence-electron chi connectivity index (χ2n) is 5.18. The van der Waals surface area contributed by atoms with Crippen LogP contribution in [0.15, 0.2) is 0 Å². The molecule has 0 aliphatic heterocycles. The Labute approximate surface area is 91.3 Å². The zero-order valence-corrected chi connectivity index (χ0v) is 10.7. The molecule has 3 nitrogen and oxygen atoms in total. The van der Waals surface area contributed by atoms with Crippen molar-refractivity contribution in [2.24, 2.45) is 0 Å². The molecular weight excluding hydrogens is 194 g/mol. The summed E-state index contributed by atoms with van der Waals surface area (Å²) >= 11 is 4.48. The van der Waals surface area contributed by atoms with Crippen LogP contribution in [-0.2, 0) is 10.3 Å². The second kappa shape index (κ2) is 3.26. The van der Waals surface area contributed by atoms with Crippen LogP contribution in [0.4, 0.5) is 0 Å². The lowest BCUT2D eigenvalue weighted by atomic mass is 9.91. The molecule has 1 rings (SSSR count). The van der Waals surface area contributed by atoms with Crippen LogP contribution >= 0.6 is 12.6 Å². The largest absolute Gasteiger partial charge is 0.234 e. The van der Waals surface area contributed by atoms with E-state index in [2.05, 4.69) is 43.7 Å². The first-order valence-corrected chi connectivity index (χ1v) is 5.24. The lowest BCUT2D eigenvalue weighted by molar-refractivity contribution is 0.457. The van der Waals surface area contributed by atoms with E-state index in [0.717, 1.165) is 11.4 Å². The van der Waals surface area contributed by atoms with Gasteiger partial charge in [0.2, 0.25) is 0 Å². The van der Waals surface area contributed by atoms with Crippen LogP contribution in [0, 0.1) is 6.92 Å². The van der Waals surface area contributed by atoms with E-state index in [0.29, 0.717) is 0 Å². The Balaban J connectivity index is 3.23. The number of thiol groups is 1. The van der Waals surface area contributed by atoms with Crippen molar-refractivity contribution in [3.8, 4) is 0 Å². The van der Waals surface area contributed by atoms with E-state index >= 15 is 0 Å². The van der Waals surface area contributed by atoms with Crippen molar-refractivity contribution in [2.45, 2.75) is 51.8 Å². The molecule has 0 radical (unpaired) electrons. The van der Waals surface area contributed by atoms with Gasteiger partial charge >= 0.3 is 0 Å². The maximum Gasteiger partial charge on any atom is 0.101 e. The Morgan fingerprint density at radius 3 is 1.86 bits per heavy atom. The van der Waals surface area contributed by atoms with E-state index in [9.17, 15) is 0 Å². The first-order valence-electron chi connectivity index (χ1n) is 4.79. The summed E-state index contributed by atoms with van der Waals surface area (Å²) in [5.74, 6) is 0. The van der Waals surface area contributed by atoms with Crippen molar-refractivity contribution in [1.82, 2.24) is 15.0 Å². The molecule has 4 heteroatoms. The van der Waals surface area contributed by atoms with Gasteiger partial charge in [-0.1, -0.05) is 26.0 Å². The molecule has 1 aromatic rings. The second-order valence-corrected chi connectivity index (χ2v) is 6.27. The van der Waals surface area contributed by atoms with Gasteiger partial charge in [0.1, 0.15) is 4.87 Å². The third kappa shape index (κ3) is 2.11. The fraction of sp³-hybridized carbons (Fsp3) is 0.800. The van der Waals surface area contributed by atoms with Crippen molar-refractivity contribution in [3.63, 3.8) is 0 Å². The first kappa shape index (κ1) is 11.6. The Hall–Kier alpha value is -0.510. The first-order chi connectivity index (χ1) is 6.14. The molecule has 1 heterocycles. The number of nitrogens with zero attached hydrogens (tertiary/aromatic N) is 3. The molecule has 0 saturated heterocycles. The lowest BCUT2D eigenvalue weighted by Gasteiger charge is -2.21. The molecule has 0 N–H and O–H groups in total. The SMILES string of the molecule is Cc1c(C(C)(C)C)nnn1C(C)(C)S. The Kier molecular flexibility index (Phi) is 2.69. The van der Waals surface area contributed by atoms with Crippen molar-refractivity contribution in [2.75, 3.05) is 0 Å². The average Bonchev–Trinajstić information content (AvgIpc) is 2.26. The van der Waals surface area contributed by atoms with Crippen LogP contribution in [0.3, 0.4) is 0 Å². The van der Waals surface area contributed by atoms with Gasteiger partial charge in [0, 0.05) is 5.41 Å². The smallest absolute Gasteiger partial charge is 0.101 e. The molecule has 0 aliphatic carbocycles. The molecule has 0 aromatic carbocycles. The predicted octanol–water partition coefficient (Wildman–Crippen LogP) is 2.51. The maximum absolute atomic E-state index is 4.48. The van der Waals surface area contributed by atoms with E-state index in [-0.39, 0.29) is 10.3 Å². The highest BCUT2D eigenvalue weighted by Gasteiger charge is 2.26. The molecule has 0 fully saturated rings. The lowest BCUT2D eigenvalue weighted by Crippen LogP contribution is -2.22. The Morgan fingerprint density at radius 2 is 1.64 bits per heavy atom. The topological polar surface area (TPSA) is 30.7 Å². The number of aromatic nitrogens is 3. The molecular formula is C10H19N3S. The molecule has 1 aromatic heterocycles. The van der Waals surface area contributed by atoms with Gasteiger partial charge in [0.25, 0.3) is 0 Å². The molecule has 80 valence electrons. The van der Waals surface area contributed by atoms with Crippen molar-refractivity contribution >= 4 is 12.6 Å². The Morgan fingerprint density at radius 1 is 1.14 bits per heavy atom. The summed E-state index contributed by atoms with van der Waals surface area (Å²) in [5, 5.41) is 8.36. The van der Waals surface area contributed by atoms with Crippen molar-refractivity contribution in [3.05, 3.63) is 11.4 Å². The van der Waals surface area contributed by atoms with E-state index in [1.165, 1.54) is 0 Å². The number of hydrogen-bond donors (Lipinski definition) is 1. The summed E-state index contributed by atoms with van der Waals surface area (Å²) in [5.41, 5.74) is 2.18. The average molecular weight is 213 g/mol. The van der Waals surface area contributed by atoms with E-state index in [1.807, 2.05) is 25.5 Å². The molecule has 0 saturated carbocycles. The van der Waals surface area contributed by atoms with Crippen LogP contribution in [0.1, 0.15) is 46.0 Å². The van der Waals surface area contributed by atoms with Gasteiger partial charge in [0.05, 0.1) is 11.4 Å². The number of rotatable bonds is 1. The summed E-state index contributed by atoms with van der Waals surface area (Å²) in [6, 6.07) is 0. The van der Waals surface area contributed by atoms with Crippen molar-refractivity contribution < 1.29 is 0 Å². The molecule has 0 spiro atoms. The third-order valence-electron chi connectivity index (χ3n) is 2.12. The minimum atomic E-state index is -0.291. The van der Waals surface area contributed by atoms with Gasteiger partial charge in [0.15, 0.2) is 0 Å². The van der Waals surface area contributed by atoms with Gasteiger partial charge in [-0.05, 0) is 20.8 Å². The molecule has 0 atom stereocenters. The fourth-order valence-corrected chi connectivity index (χ4v) is 1.73. The molecule has 0 bridgehead atoms. The minimum absolute atomic E-state index is 0.0430. The fourth-order valence-electron chi connectivity index (χ4n) is 1.54. The predicted molar refractivity (Wildman–Crippen MR) is 61.8 cm³/mol. The van der Waals surface area contributed by atoms with Gasteiger partial charge in [-0.15, -0.1) is 17.7 Å². The molecule has 0 aliphatic rings. The van der Waals surface area contributed by atoms with Gasteiger partial charge < -0.3 is 0 Å². The monoisotopic (exact) mass is 213 g/mol. The van der Waals surface area contributed by atoms with Crippen LogP contribution < -0.4 is 0 Å². The zero-order chi connectivity index (χ0) is 11.1. The third-order valence-corrected chi connectivity index (χ3v) is 2.31. The summed E-state index contributed by atoms with van der Waals surface area (Å²) in [6.07, 6.45) is 0. The van der Waals surface area contributed by atoms with Crippen LogP contribution in [0.5, 0.6) is 0 Å². The molecule has 0 amide bonds.